The second-order valence-corrected chi connectivity index (χ2v) is 6.17. The molecule has 0 aliphatic rings. The SMILES string of the molecule is FC(F)(F)C(F)(CC(CCCN=C=S)CC(F)(C(F)(F)F)C(F)(F)F)C(F)(F)F. The van der Waals surface area contributed by atoms with Crippen molar-refractivity contribution in [1.82, 2.24) is 0 Å². The Morgan fingerprint density at radius 3 is 1.17 bits per heavy atom. The van der Waals surface area contributed by atoms with E-state index in [9.17, 15) is 61.5 Å². The molecule has 0 aliphatic heterocycles. The Balaban J connectivity index is 6.13. The number of halogens is 14. The molecule has 0 atom stereocenters. The van der Waals surface area contributed by atoms with Crippen LogP contribution in [0.4, 0.5) is 61.5 Å². The normalized spacial score (nSPS) is 14.9. The maximum Gasteiger partial charge on any atom is 0.431 e. The highest BCUT2D eigenvalue weighted by atomic mass is 32.1. The molecule has 0 aromatic heterocycles. The Morgan fingerprint density at radius 2 is 0.931 bits per heavy atom. The molecule has 0 aromatic rings. The van der Waals surface area contributed by atoms with E-state index in [1.165, 1.54) is 0 Å². The summed E-state index contributed by atoms with van der Waals surface area (Å²) in [7, 11) is 0. The van der Waals surface area contributed by atoms with E-state index in [4.69, 9.17) is 0 Å². The topological polar surface area (TPSA) is 12.4 Å². The second-order valence-electron chi connectivity index (χ2n) is 5.98. The molecule has 0 amide bonds. The third-order valence-electron chi connectivity index (χ3n) is 3.88. The molecule has 0 aromatic carbocycles. The van der Waals surface area contributed by atoms with Crippen LogP contribution in [0.5, 0.6) is 0 Å². The Morgan fingerprint density at radius 1 is 0.621 bits per heavy atom. The van der Waals surface area contributed by atoms with E-state index < -0.39 is 74.2 Å². The fourth-order valence-electron chi connectivity index (χ4n) is 2.36. The molecule has 0 saturated carbocycles. The van der Waals surface area contributed by atoms with Gasteiger partial charge in [-0.2, -0.15) is 52.7 Å². The predicted octanol–water partition coefficient (Wildman–Crippen LogP) is 6.93. The number of isothiocyanates is 1. The number of hydrogen-bond acceptors (Lipinski definition) is 2. The average Bonchev–Trinajstić information content (AvgIpc) is 2.46. The van der Waals surface area contributed by atoms with Gasteiger partial charge in [0.1, 0.15) is 0 Å². The van der Waals surface area contributed by atoms with Crippen LogP contribution in [0.15, 0.2) is 4.99 Å². The fraction of sp³-hybridized carbons (Fsp3) is 0.923. The molecule has 0 radical (unpaired) electrons. The molecule has 172 valence electrons. The van der Waals surface area contributed by atoms with Crippen LogP contribution in [0.2, 0.25) is 0 Å². The largest absolute Gasteiger partial charge is 0.431 e. The zero-order chi connectivity index (χ0) is 23.5. The van der Waals surface area contributed by atoms with E-state index in [0.29, 0.717) is 0 Å². The van der Waals surface area contributed by atoms with Gasteiger partial charge in [-0.15, -0.1) is 0 Å². The third kappa shape index (κ3) is 6.40. The smallest absolute Gasteiger partial charge is 0.233 e. The van der Waals surface area contributed by atoms with Crippen molar-refractivity contribution in [2.24, 2.45) is 10.9 Å². The first-order chi connectivity index (χ1) is 12.6. The van der Waals surface area contributed by atoms with E-state index in [0.717, 1.165) is 0 Å². The minimum Gasteiger partial charge on any atom is -0.233 e. The van der Waals surface area contributed by atoms with Gasteiger partial charge in [0, 0.05) is 19.4 Å². The van der Waals surface area contributed by atoms with Crippen molar-refractivity contribution in [3.8, 4) is 0 Å². The van der Waals surface area contributed by atoms with Gasteiger partial charge >= 0.3 is 24.7 Å². The molecule has 0 N–H and O–H groups in total. The van der Waals surface area contributed by atoms with Gasteiger partial charge in [-0.05, 0) is 31.0 Å². The number of rotatable bonds is 8. The van der Waals surface area contributed by atoms with E-state index in [2.05, 4.69) is 17.2 Å². The van der Waals surface area contributed by atoms with Gasteiger partial charge < -0.3 is 0 Å². The first-order valence-electron chi connectivity index (χ1n) is 7.32. The van der Waals surface area contributed by atoms with Gasteiger partial charge in [0.15, 0.2) is 0 Å². The maximum absolute atomic E-state index is 13.8. The highest BCUT2D eigenvalue weighted by Crippen LogP contribution is 2.54. The lowest BCUT2D eigenvalue weighted by Gasteiger charge is -2.37. The number of alkyl halides is 14. The van der Waals surface area contributed by atoms with Crippen LogP contribution < -0.4 is 0 Å². The predicted molar refractivity (Wildman–Crippen MR) is 73.7 cm³/mol. The number of thiocarbonyl (C=S) groups is 1. The standard InChI is InChI=1S/C13H11F14NS/c14-8(10(16,17)18,11(19,20)21)4-7(2-1-3-28-6-29)5-9(15,12(22,23)24)13(25,26)27/h7H,1-5H2. The first kappa shape index (κ1) is 27.8. The summed E-state index contributed by atoms with van der Waals surface area (Å²) < 4.78 is 179. The highest BCUT2D eigenvalue weighted by Gasteiger charge is 2.75. The Hall–Kier alpha value is -1.18. The number of nitrogens with zero attached hydrogens (tertiary/aromatic N) is 1. The minimum absolute atomic E-state index is 0.561. The molecule has 29 heavy (non-hydrogen) atoms. The number of aliphatic imine (C=N–C) groups is 1. The Bertz CT molecular complexity index is 512. The van der Waals surface area contributed by atoms with Crippen LogP contribution in [0, 0.1) is 5.92 Å². The van der Waals surface area contributed by atoms with Crippen molar-refractivity contribution in [2.45, 2.75) is 61.7 Å². The van der Waals surface area contributed by atoms with Crippen LogP contribution in [0.25, 0.3) is 0 Å². The molecule has 0 bridgehead atoms. The van der Waals surface area contributed by atoms with Crippen molar-refractivity contribution in [1.29, 1.82) is 0 Å². The third-order valence-corrected chi connectivity index (χ3v) is 4.01. The highest BCUT2D eigenvalue weighted by molar-refractivity contribution is 7.78. The minimum atomic E-state index is -6.73. The van der Waals surface area contributed by atoms with Crippen molar-refractivity contribution < 1.29 is 61.5 Å². The van der Waals surface area contributed by atoms with Crippen LogP contribution >= 0.6 is 12.2 Å². The molecule has 0 fully saturated rings. The van der Waals surface area contributed by atoms with Crippen LogP contribution in [0.1, 0.15) is 25.7 Å². The summed E-state index contributed by atoms with van der Waals surface area (Å²) in [5.74, 6) is -2.96. The summed E-state index contributed by atoms with van der Waals surface area (Å²) in [6.07, 6.45) is -34.7. The zero-order valence-corrected chi connectivity index (χ0v) is 14.6. The molecule has 0 spiro atoms. The molecular formula is C13H11F14NS. The maximum atomic E-state index is 13.8. The number of hydrogen-bond donors (Lipinski definition) is 0. The van der Waals surface area contributed by atoms with Gasteiger partial charge in [0.25, 0.3) is 11.3 Å². The first-order valence-corrected chi connectivity index (χ1v) is 7.73. The molecule has 0 rings (SSSR count). The van der Waals surface area contributed by atoms with Crippen molar-refractivity contribution >= 4 is 17.4 Å². The quantitative estimate of drug-likeness (QED) is 0.159. The fourth-order valence-corrected chi connectivity index (χ4v) is 2.45. The lowest BCUT2D eigenvalue weighted by molar-refractivity contribution is -0.356. The molecule has 0 aliphatic carbocycles. The summed E-state index contributed by atoms with van der Waals surface area (Å²) in [6.45, 7) is -0.561. The van der Waals surface area contributed by atoms with Gasteiger partial charge in [-0.25, -0.2) is 13.8 Å². The van der Waals surface area contributed by atoms with E-state index >= 15 is 0 Å². The van der Waals surface area contributed by atoms with Crippen LogP contribution in [0.3, 0.4) is 0 Å². The molecular weight excluding hydrogens is 468 g/mol. The van der Waals surface area contributed by atoms with Gasteiger partial charge in [-0.1, -0.05) is 0 Å². The van der Waals surface area contributed by atoms with Gasteiger partial charge in [0.05, 0.1) is 5.16 Å². The molecule has 1 nitrogen and oxygen atoms in total. The van der Waals surface area contributed by atoms with Crippen molar-refractivity contribution in [3.63, 3.8) is 0 Å². The van der Waals surface area contributed by atoms with E-state index in [1.54, 1.807) is 5.16 Å². The van der Waals surface area contributed by atoms with Crippen LogP contribution in [-0.2, 0) is 0 Å². The molecule has 16 heteroatoms. The molecule has 0 heterocycles. The van der Waals surface area contributed by atoms with E-state index in [1.807, 2.05) is 0 Å². The zero-order valence-electron chi connectivity index (χ0n) is 13.8. The average molecular weight is 479 g/mol. The summed E-state index contributed by atoms with van der Waals surface area (Å²) in [6, 6.07) is 0. The summed E-state index contributed by atoms with van der Waals surface area (Å²) >= 11 is 4.07. The lowest BCUT2D eigenvalue weighted by atomic mass is 9.80. The lowest BCUT2D eigenvalue weighted by Crippen LogP contribution is -2.57. The summed E-state index contributed by atoms with van der Waals surface area (Å²) in [4.78, 5) is 3.12. The Labute approximate surface area is 159 Å². The van der Waals surface area contributed by atoms with Gasteiger partial charge in [0.2, 0.25) is 0 Å². The summed E-state index contributed by atoms with van der Waals surface area (Å²) in [5, 5.41) is 1.68. The van der Waals surface area contributed by atoms with Crippen molar-refractivity contribution in [2.75, 3.05) is 6.54 Å². The Kier molecular flexibility index (Phi) is 8.54. The van der Waals surface area contributed by atoms with Crippen molar-refractivity contribution in [3.05, 3.63) is 0 Å². The summed E-state index contributed by atoms with van der Waals surface area (Å²) in [5.41, 5.74) is -12.3. The molecule has 0 unspecified atom stereocenters. The van der Waals surface area contributed by atoms with E-state index in [-0.39, 0.29) is 0 Å². The monoisotopic (exact) mass is 479 g/mol. The van der Waals surface area contributed by atoms with Gasteiger partial charge in [-0.3, -0.25) is 0 Å². The molecule has 0 saturated heterocycles. The van der Waals surface area contributed by atoms with Crippen LogP contribution in [-0.4, -0.2) is 47.7 Å². The second kappa shape index (κ2) is 8.90.